The molecule has 1 N–H and O–H groups in total. The molecule has 8 heteroatoms. The lowest BCUT2D eigenvalue weighted by molar-refractivity contribution is -0.129. The van der Waals surface area contributed by atoms with Crippen LogP contribution in [-0.2, 0) is 11.2 Å². The van der Waals surface area contributed by atoms with E-state index in [2.05, 4.69) is 10.2 Å². The first-order valence-electron chi connectivity index (χ1n) is 13.2. The van der Waals surface area contributed by atoms with Crippen molar-refractivity contribution < 1.29 is 23.8 Å². The van der Waals surface area contributed by atoms with E-state index in [9.17, 15) is 9.59 Å². The molecule has 8 nitrogen and oxygen atoms in total. The molecule has 1 atom stereocenters. The Hall–Kier alpha value is -3.26. The Bertz CT molecular complexity index is 1040. The first kappa shape index (κ1) is 26.8. The van der Waals surface area contributed by atoms with Crippen molar-refractivity contribution in [2.24, 2.45) is 5.92 Å². The highest BCUT2D eigenvalue weighted by atomic mass is 16.5. The quantitative estimate of drug-likeness (QED) is 0.529. The maximum absolute atomic E-state index is 13.4. The number of carbonyl (C=O) groups excluding carboxylic acids is 2. The molecule has 2 aliphatic rings. The van der Waals surface area contributed by atoms with Gasteiger partial charge in [-0.15, -0.1) is 0 Å². The summed E-state index contributed by atoms with van der Waals surface area (Å²) in [5.41, 5.74) is 1.75. The number of nitrogens with one attached hydrogen (secondary N) is 1. The van der Waals surface area contributed by atoms with Gasteiger partial charge in [0.05, 0.1) is 27.4 Å². The molecular formula is C29H39N3O5. The van der Waals surface area contributed by atoms with Gasteiger partial charge in [-0.05, 0) is 61.1 Å². The Morgan fingerprint density at radius 2 is 1.57 bits per heavy atom. The molecule has 2 aromatic carbocycles. The fourth-order valence-electron chi connectivity index (χ4n) is 5.53. The molecule has 0 radical (unpaired) electrons. The van der Waals surface area contributed by atoms with E-state index in [1.807, 2.05) is 29.2 Å². The van der Waals surface area contributed by atoms with Crippen molar-refractivity contribution in [3.05, 3.63) is 53.6 Å². The van der Waals surface area contributed by atoms with Crippen molar-refractivity contribution in [1.29, 1.82) is 0 Å². The van der Waals surface area contributed by atoms with Crippen molar-refractivity contribution in [2.45, 2.75) is 38.1 Å². The van der Waals surface area contributed by atoms with Crippen molar-refractivity contribution in [2.75, 3.05) is 54.1 Å². The van der Waals surface area contributed by atoms with Crippen LogP contribution in [0.3, 0.4) is 0 Å². The van der Waals surface area contributed by atoms with Crippen molar-refractivity contribution in [3.8, 4) is 17.2 Å². The van der Waals surface area contributed by atoms with E-state index < -0.39 is 0 Å². The van der Waals surface area contributed by atoms with Crippen molar-refractivity contribution in [1.82, 2.24) is 15.1 Å². The Balaban J connectivity index is 1.35. The number of piperazine rings is 1. The predicted molar refractivity (Wildman–Crippen MR) is 142 cm³/mol. The number of methoxy groups -OCH3 is 3. The average molecular weight is 510 g/mol. The number of carbonyl (C=O) groups is 2. The number of hydrogen-bond donors (Lipinski definition) is 1. The fraction of sp³-hybridized carbons (Fsp3) is 0.517. The Labute approximate surface area is 219 Å². The van der Waals surface area contributed by atoms with Crippen LogP contribution >= 0.6 is 0 Å². The average Bonchev–Trinajstić information content (AvgIpc) is 3.47. The molecule has 4 rings (SSSR count). The number of ether oxygens (including phenoxy) is 3. The number of rotatable bonds is 10. The van der Waals surface area contributed by atoms with E-state index in [1.165, 1.54) is 18.4 Å². The van der Waals surface area contributed by atoms with Gasteiger partial charge in [-0.3, -0.25) is 14.5 Å². The van der Waals surface area contributed by atoms with E-state index in [4.69, 9.17) is 14.2 Å². The van der Waals surface area contributed by atoms with E-state index >= 15 is 0 Å². The molecule has 2 fully saturated rings. The molecule has 1 aliphatic carbocycles. The van der Waals surface area contributed by atoms with Crippen LogP contribution in [0.25, 0.3) is 0 Å². The van der Waals surface area contributed by atoms with Gasteiger partial charge in [0.15, 0.2) is 11.5 Å². The van der Waals surface area contributed by atoms with E-state index in [0.29, 0.717) is 55.7 Å². The van der Waals surface area contributed by atoms with Crippen LogP contribution in [0.15, 0.2) is 42.5 Å². The minimum absolute atomic E-state index is 0.0260. The molecule has 0 unspecified atom stereocenters. The molecule has 1 saturated carbocycles. The number of hydrogen-bond acceptors (Lipinski definition) is 6. The lowest BCUT2D eigenvalue weighted by Gasteiger charge is -2.40. The second kappa shape index (κ2) is 12.8. The Morgan fingerprint density at radius 3 is 2.19 bits per heavy atom. The SMILES string of the molecule is COc1ccc(CCNC(=O)[C@H](C2CCCC2)N2CCN(C(=O)c3ccc(OC)c(OC)c3)CC2)cc1. The lowest BCUT2D eigenvalue weighted by atomic mass is 9.94. The summed E-state index contributed by atoms with van der Waals surface area (Å²) in [6.45, 7) is 3.16. The topological polar surface area (TPSA) is 80.3 Å². The van der Waals surface area contributed by atoms with Gasteiger partial charge in [0.2, 0.25) is 5.91 Å². The second-order valence-electron chi connectivity index (χ2n) is 9.78. The third-order valence-electron chi connectivity index (χ3n) is 7.61. The van der Waals surface area contributed by atoms with E-state index in [1.54, 1.807) is 39.5 Å². The van der Waals surface area contributed by atoms with Gasteiger partial charge in [-0.25, -0.2) is 0 Å². The molecule has 200 valence electrons. The number of amides is 2. The van der Waals surface area contributed by atoms with Gasteiger partial charge < -0.3 is 24.4 Å². The maximum Gasteiger partial charge on any atom is 0.254 e. The maximum atomic E-state index is 13.4. The predicted octanol–water partition coefficient (Wildman–Crippen LogP) is 3.39. The zero-order valence-corrected chi connectivity index (χ0v) is 22.2. The molecule has 1 heterocycles. The summed E-state index contributed by atoms with van der Waals surface area (Å²) in [4.78, 5) is 30.7. The summed E-state index contributed by atoms with van der Waals surface area (Å²) in [7, 11) is 4.80. The molecule has 0 aromatic heterocycles. The summed E-state index contributed by atoms with van der Waals surface area (Å²) in [5, 5.41) is 3.20. The summed E-state index contributed by atoms with van der Waals surface area (Å²) < 4.78 is 15.9. The van der Waals surface area contributed by atoms with Gasteiger partial charge in [-0.2, -0.15) is 0 Å². The minimum atomic E-state index is -0.142. The Morgan fingerprint density at radius 1 is 0.892 bits per heavy atom. The van der Waals surface area contributed by atoms with Gasteiger partial charge in [0.25, 0.3) is 5.91 Å². The summed E-state index contributed by atoms with van der Waals surface area (Å²) in [5.74, 6) is 2.43. The summed E-state index contributed by atoms with van der Waals surface area (Å²) in [6, 6.07) is 13.1. The highest BCUT2D eigenvalue weighted by Gasteiger charge is 2.37. The molecule has 1 saturated heterocycles. The van der Waals surface area contributed by atoms with Gasteiger partial charge in [-0.1, -0.05) is 25.0 Å². The normalized spacial score (nSPS) is 17.3. The lowest BCUT2D eigenvalue weighted by Crippen LogP contribution is -2.58. The van der Waals surface area contributed by atoms with Crippen LogP contribution in [0.2, 0.25) is 0 Å². The largest absolute Gasteiger partial charge is 0.497 e. The van der Waals surface area contributed by atoms with Crippen molar-refractivity contribution >= 4 is 11.8 Å². The highest BCUT2D eigenvalue weighted by Crippen LogP contribution is 2.32. The molecule has 1 aliphatic heterocycles. The van der Waals surface area contributed by atoms with Crippen molar-refractivity contribution in [3.63, 3.8) is 0 Å². The van der Waals surface area contributed by atoms with Crippen LogP contribution in [0.1, 0.15) is 41.6 Å². The Kier molecular flexibility index (Phi) is 9.28. The third-order valence-corrected chi connectivity index (χ3v) is 7.61. The molecule has 2 amide bonds. The van der Waals surface area contributed by atoms with Crippen LogP contribution in [0, 0.1) is 5.92 Å². The summed E-state index contributed by atoms with van der Waals surface area (Å²) in [6.07, 6.45) is 5.31. The van der Waals surface area contributed by atoms with Crippen LogP contribution in [0.5, 0.6) is 17.2 Å². The smallest absolute Gasteiger partial charge is 0.254 e. The fourth-order valence-corrected chi connectivity index (χ4v) is 5.53. The van der Waals surface area contributed by atoms with Crippen LogP contribution < -0.4 is 19.5 Å². The van der Waals surface area contributed by atoms with Gasteiger partial charge >= 0.3 is 0 Å². The second-order valence-corrected chi connectivity index (χ2v) is 9.78. The molecule has 2 aromatic rings. The van der Waals surface area contributed by atoms with Crippen LogP contribution in [-0.4, -0.2) is 81.7 Å². The molecule has 37 heavy (non-hydrogen) atoms. The summed E-state index contributed by atoms with van der Waals surface area (Å²) >= 11 is 0. The standard InChI is InChI=1S/C29H39N3O5/c1-35-24-11-8-21(9-12-24)14-15-30-28(33)27(22-6-4-5-7-22)31-16-18-32(19-17-31)29(34)23-10-13-25(36-2)26(20-23)37-3/h8-13,20,22,27H,4-7,14-19H2,1-3H3,(H,30,33)/t27-/m0/s1. The molecule has 0 bridgehead atoms. The monoisotopic (exact) mass is 509 g/mol. The number of nitrogens with zero attached hydrogens (tertiary/aromatic N) is 2. The van der Waals surface area contributed by atoms with Crippen LogP contribution in [0.4, 0.5) is 0 Å². The highest BCUT2D eigenvalue weighted by molar-refractivity contribution is 5.95. The zero-order valence-electron chi connectivity index (χ0n) is 22.2. The third kappa shape index (κ3) is 6.55. The van der Waals surface area contributed by atoms with Gasteiger partial charge in [0, 0.05) is 38.3 Å². The first-order valence-corrected chi connectivity index (χ1v) is 13.2. The van der Waals surface area contributed by atoms with E-state index in [-0.39, 0.29) is 17.9 Å². The molecule has 0 spiro atoms. The minimum Gasteiger partial charge on any atom is -0.497 e. The molecular weight excluding hydrogens is 470 g/mol. The number of benzene rings is 2. The zero-order chi connectivity index (χ0) is 26.2. The first-order chi connectivity index (χ1) is 18.0. The van der Waals surface area contributed by atoms with Gasteiger partial charge in [0.1, 0.15) is 5.75 Å². The van der Waals surface area contributed by atoms with E-state index in [0.717, 1.165) is 25.0 Å².